The van der Waals surface area contributed by atoms with Crippen molar-refractivity contribution in [2.24, 2.45) is 4.99 Å². The second-order valence-corrected chi connectivity index (χ2v) is 7.65. The second-order valence-electron chi connectivity index (χ2n) is 7.65. The van der Waals surface area contributed by atoms with Crippen molar-refractivity contribution in [2.75, 3.05) is 65.9 Å². The Morgan fingerprint density at radius 1 is 0.938 bits per heavy atom. The number of hydrogen-bond acceptors (Lipinski definition) is 5. The Labute approximate surface area is 209 Å². The molecule has 1 heterocycles. The molecule has 0 bridgehead atoms. The van der Waals surface area contributed by atoms with Crippen molar-refractivity contribution in [2.45, 2.75) is 13.0 Å². The topological polar surface area (TPSA) is 61.4 Å². The maximum absolute atomic E-state index is 5.36. The van der Waals surface area contributed by atoms with Crippen LogP contribution in [0.25, 0.3) is 0 Å². The van der Waals surface area contributed by atoms with Crippen LogP contribution in [0.5, 0.6) is 11.5 Å². The zero-order valence-electron chi connectivity index (χ0n) is 19.3. The summed E-state index contributed by atoms with van der Waals surface area (Å²) in [7, 11) is 5.05. The predicted molar refractivity (Wildman–Crippen MR) is 143 cm³/mol. The first-order chi connectivity index (χ1) is 15.2. The molecule has 1 aliphatic heterocycles. The quantitative estimate of drug-likeness (QED) is 0.215. The highest BCUT2D eigenvalue weighted by Gasteiger charge is 2.16. The summed E-state index contributed by atoms with van der Waals surface area (Å²) in [5.41, 5.74) is 2.30. The summed E-state index contributed by atoms with van der Waals surface area (Å²) >= 11 is 0. The van der Waals surface area contributed by atoms with Crippen LogP contribution in [0.3, 0.4) is 0 Å². The van der Waals surface area contributed by atoms with Crippen LogP contribution in [0, 0.1) is 0 Å². The summed E-state index contributed by atoms with van der Waals surface area (Å²) in [5.74, 6) is 2.15. The van der Waals surface area contributed by atoms with Crippen LogP contribution in [0.1, 0.15) is 12.0 Å². The minimum absolute atomic E-state index is 0. The molecule has 0 spiro atoms. The summed E-state index contributed by atoms with van der Waals surface area (Å²) in [6.07, 6.45) is 1.07. The fourth-order valence-electron chi connectivity index (χ4n) is 3.75. The van der Waals surface area contributed by atoms with Crippen molar-refractivity contribution in [1.82, 2.24) is 15.1 Å². The summed E-state index contributed by atoms with van der Waals surface area (Å²) in [4.78, 5) is 9.41. The van der Waals surface area contributed by atoms with Gasteiger partial charge in [0.2, 0.25) is 0 Å². The SMILES string of the molecule is CN=C(NCCCN1CCN(Cc2ccccc2)CC1)Nc1ccc(OC)c(OC)c1.I. The van der Waals surface area contributed by atoms with Gasteiger partial charge in [-0.15, -0.1) is 24.0 Å². The zero-order valence-corrected chi connectivity index (χ0v) is 21.7. The summed E-state index contributed by atoms with van der Waals surface area (Å²) in [6.45, 7) is 7.54. The molecule has 32 heavy (non-hydrogen) atoms. The van der Waals surface area contributed by atoms with Gasteiger partial charge < -0.3 is 25.0 Å². The van der Waals surface area contributed by atoms with Crippen molar-refractivity contribution in [3.63, 3.8) is 0 Å². The van der Waals surface area contributed by atoms with Gasteiger partial charge >= 0.3 is 0 Å². The van der Waals surface area contributed by atoms with Gasteiger partial charge in [-0.25, -0.2) is 0 Å². The van der Waals surface area contributed by atoms with E-state index in [2.05, 4.69) is 55.8 Å². The lowest BCUT2D eigenvalue weighted by Gasteiger charge is -2.34. The smallest absolute Gasteiger partial charge is 0.195 e. The average Bonchev–Trinajstić information content (AvgIpc) is 2.82. The minimum atomic E-state index is 0. The number of halogens is 1. The molecule has 8 heteroatoms. The van der Waals surface area contributed by atoms with Crippen molar-refractivity contribution in [1.29, 1.82) is 0 Å². The highest BCUT2D eigenvalue weighted by molar-refractivity contribution is 14.0. The number of nitrogens with zero attached hydrogens (tertiary/aromatic N) is 3. The van der Waals surface area contributed by atoms with Gasteiger partial charge in [0.1, 0.15) is 0 Å². The van der Waals surface area contributed by atoms with E-state index in [1.165, 1.54) is 5.56 Å². The Morgan fingerprint density at radius 2 is 1.62 bits per heavy atom. The van der Waals surface area contributed by atoms with E-state index >= 15 is 0 Å². The monoisotopic (exact) mass is 553 g/mol. The molecule has 2 N–H and O–H groups in total. The Bertz CT molecular complexity index is 826. The third kappa shape index (κ3) is 8.14. The molecule has 2 aromatic rings. The lowest BCUT2D eigenvalue weighted by molar-refractivity contribution is 0.126. The fourth-order valence-corrected chi connectivity index (χ4v) is 3.75. The molecule has 7 nitrogen and oxygen atoms in total. The van der Waals surface area contributed by atoms with Crippen LogP contribution in [-0.4, -0.2) is 76.3 Å². The molecule has 0 unspecified atom stereocenters. The fraction of sp³-hybridized carbons (Fsp3) is 0.458. The summed E-state index contributed by atoms with van der Waals surface area (Å²) in [5, 5.41) is 6.70. The van der Waals surface area contributed by atoms with E-state index in [0.717, 1.165) is 63.9 Å². The Balaban J connectivity index is 0.00000363. The number of anilines is 1. The van der Waals surface area contributed by atoms with Crippen LogP contribution in [-0.2, 0) is 6.54 Å². The second kappa shape index (κ2) is 14.2. The number of methoxy groups -OCH3 is 2. The van der Waals surface area contributed by atoms with Gasteiger partial charge in [0.05, 0.1) is 14.2 Å². The number of nitrogens with one attached hydrogen (secondary N) is 2. The molecule has 1 saturated heterocycles. The first kappa shape index (κ1) is 26.2. The minimum Gasteiger partial charge on any atom is -0.493 e. The highest BCUT2D eigenvalue weighted by atomic mass is 127. The van der Waals surface area contributed by atoms with Crippen molar-refractivity contribution in [3.8, 4) is 11.5 Å². The number of rotatable bonds is 9. The standard InChI is InChI=1S/C24H35N5O2.HI/c1-25-24(27-21-10-11-22(30-2)23(18-21)31-3)26-12-7-13-28-14-16-29(17-15-28)19-20-8-5-4-6-9-20;/h4-6,8-11,18H,7,12-17,19H2,1-3H3,(H2,25,26,27);1H. The van der Waals surface area contributed by atoms with E-state index in [-0.39, 0.29) is 24.0 Å². The molecule has 3 rings (SSSR count). The first-order valence-corrected chi connectivity index (χ1v) is 10.9. The number of hydrogen-bond donors (Lipinski definition) is 2. The van der Waals surface area contributed by atoms with Gasteiger partial charge in [0.15, 0.2) is 17.5 Å². The van der Waals surface area contributed by atoms with Crippen molar-refractivity contribution < 1.29 is 9.47 Å². The van der Waals surface area contributed by atoms with Gasteiger partial charge in [-0.1, -0.05) is 30.3 Å². The molecule has 0 aliphatic carbocycles. The highest BCUT2D eigenvalue weighted by Crippen LogP contribution is 2.29. The molecule has 0 aromatic heterocycles. The maximum Gasteiger partial charge on any atom is 0.195 e. The predicted octanol–water partition coefficient (Wildman–Crippen LogP) is 3.52. The molecule has 0 amide bonds. The summed E-state index contributed by atoms with van der Waals surface area (Å²) < 4.78 is 10.7. The molecular weight excluding hydrogens is 517 g/mol. The largest absolute Gasteiger partial charge is 0.493 e. The zero-order chi connectivity index (χ0) is 21.9. The van der Waals surface area contributed by atoms with Gasteiger partial charge in [-0.3, -0.25) is 9.89 Å². The van der Waals surface area contributed by atoms with E-state index in [9.17, 15) is 0 Å². The molecule has 1 fully saturated rings. The number of piperazine rings is 1. The van der Waals surface area contributed by atoms with Crippen LogP contribution in [0.15, 0.2) is 53.5 Å². The third-order valence-electron chi connectivity index (χ3n) is 5.53. The molecular formula is C24H36IN5O2. The first-order valence-electron chi connectivity index (χ1n) is 10.9. The maximum atomic E-state index is 5.36. The number of ether oxygens (including phenoxy) is 2. The van der Waals surface area contributed by atoms with Gasteiger partial charge in [-0.05, 0) is 30.7 Å². The number of guanidine groups is 1. The van der Waals surface area contributed by atoms with E-state index in [0.29, 0.717) is 11.5 Å². The Kier molecular flexibility index (Phi) is 11.6. The molecule has 1 aliphatic rings. The lowest BCUT2D eigenvalue weighted by Crippen LogP contribution is -2.46. The van der Waals surface area contributed by atoms with Crippen molar-refractivity contribution >= 4 is 35.6 Å². The van der Waals surface area contributed by atoms with Crippen LogP contribution < -0.4 is 20.1 Å². The molecule has 0 radical (unpaired) electrons. The van der Waals surface area contributed by atoms with E-state index in [1.807, 2.05) is 18.2 Å². The van der Waals surface area contributed by atoms with Crippen LogP contribution in [0.2, 0.25) is 0 Å². The van der Waals surface area contributed by atoms with Crippen LogP contribution >= 0.6 is 24.0 Å². The van der Waals surface area contributed by atoms with Gasteiger partial charge in [0.25, 0.3) is 0 Å². The Hall–Kier alpha value is -2.04. The summed E-state index contributed by atoms with van der Waals surface area (Å²) in [6, 6.07) is 16.5. The molecule has 0 atom stereocenters. The average molecular weight is 553 g/mol. The van der Waals surface area contributed by atoms with E-state index in [4.69, 9.17) is 9.47 Å². The van der Waals surface area contributed by atoms with Gasteiger partial charge in [-0.2, -0.15) is 0 Å². The van der Waals surface area contributed by atoms with Crippen molar-refractivity contribution in [3.05, 3.63) is 54.1 Å². The van der Waals surface area contributed by atoms with E-state index < -0.39 is 0 Å². The normalized spacial score (nSPS) is 15.0. The molecule has 0 saturated carbocycles. The third-order valence-corrected chi connectivity index (χ3v) is 5.53. The number of aliphatic imine (C=N–C) groups is 1. The van der Waals surface area contributed by atoms with Crippen LogP contribution in [0.4, 0.5) is 5.69 Å². The lowest BCUT2D eigenvalue weighted by atomic mass is 10.2. The van der Waals surface area contributed by atoms with Gasteiger partial charge in [0, 0.05) is 58.1 Å². The Morgan fingerprint density at radius 3 is 2.28 bits per heavy atom. The number of benzene rings is 2. The molecule has 2 aromatic carbocycles. The van der Waals surface area contributed by atoms with E-state index in [1.54, 1.807) is 21.3 Å². The molecule has 176 valence electrons.